The molecule has 0 aliphatic carbocycles. The van der Waals surface area contributed by atoms with Crippen molar-refractivity contribution in [3.63, 3.8) is 0 Å². The molecule has 0 spiro atoms. The first-order chi connectivity index (χ1) is 10.8. The second kappa shape index (κ2) is 12.7. The SMILES string of the molecule is CCCOCCN(CCCOS(=O)(=O)O)CCOC(=O)C(C)C. The highest BCUT2D eigenvalue weighted by atomic mass is 32.3. The minimum atomic E-state index is -4.40. The van der Waals surface area contributed by atoms with Crippen molar-refractivity contribution in [2.45, 2.75) is 33.6 Å². The molecule has 0 aromatic carbocycles. The molecule has 0 saturated carbocycles. The van der Waals surface area contributed by atoms with Crippen LogP contribution >= 0.6 is 0 Å². The molecule has 0 aromatic rings. The molecule has 0 unspecified atom stereocenters. The molecule has 8 nitrogen and oxygen atoms in total. The van der Waals surface area contributed by atoms with Crippen molar-refractivity contribution in [3.8, 4) is 0 Å². The third-order valence-electron chi connectivity index (χ3n) is 2.87. The maximum atomic E-state index is 11.4. The number of rotatable bonds is 14. The highest BCUT2D eigenvalue weighted by molar-refractivity contribution is 7.80. The third-order valence-corrected chi connectivity index (χ3v) is 3.34. The molecule has 0 atom stereocenters. The number of hydrogen-bond acceptors (Lipinski definition) is 7. The predicted molar refractivity (Wildman–Crippen MR) is 85.5 cm³/mol. The normalized spacial score (nSPS) is 12.1. The first-order valence-corrected chi connectivity index (χ1v) is 9.21. The molecule has 0 fully saturated rings. The lowest BCUT2D eigenvalue weighted by Gasteiger charge is -2.22. The summed E-state index contributed by atoms with van der Waals surface area (Å²) < 4.78 is 44.3. The Kier molecular flexibility index (Phi) is 12.2. The molecular formula is C14H29NO7S. The van der Waals surface area contributed by atoms with E-state index in [0.717, 1.165) is 6.42 Å². The Morgan fingerprint density at radius 2 is 1.74 bits per heavy atom. The fourth-order valence-corrected chi connectivity index (χ4v) is 2.00. The molecule has 0 radical (unpaired) electrons. The summed E-state index contributed by atoms with van der Waals surface area (Å²) in [6.07, 6.45) is 1.36. The fraction of sp³-hybridized carbons (Fsp3) is 0.929. The van der Waals surface area contributed by atoms with Gasteiger partial charge in [-0.3, -0.25) is 14.2 Å². The maximum Gasteiger partial charge on any atom is 0.397 e. The van der Waals surface area contributed by atoms with Crippen LogP contribution in [0.1, 0.15) is 33.6 Å². The quantitative estimate of drug-likeness (QED) is 0.281. The molecule has 0 amide bonds. The van der Waals surface area contributed by atoms with E-state index in [4.69, 9.17) is 14.0 Å². The van der Waals surface area contributed by atoms with Gasteiger partial charge in [-0.1, -0.05) is 20.8 Å². The third kappa shape index (κ3) is 14.6. The van der Waals surface area contributed by atoms with Gasteiger partial charge in [-0.2, -0.15) is 8.42 Å². The molecule has 9 heteroatoms. The van der Waals surface area contributed by atoms with Crippen LogP contribution in [0, 0.1) is 5.92 Å². The van der Waals surface area contributed by atoms with Gasteiger partial charge in [-0.05, 0) is 12.8 Å². The molecule has 0 saturated heterocycles. The van der Waals surface area contributed by atoms with Gasteiger partial charge in [0.15, 0.2) is 0 Å². The van der Waals surface area contributed by atoms with Gasteiger partial charge < -0.3 is 9.47 Å². The number of nitrogens with zero attached hydrogens (tertiary/aromatic N) is 1. The number of hydrogen-bond donors (Lipinski definition) is 1. The Morgan fingerprint density at radius 3 is 2.30 bits per heavy atom. The molecule has 0 bridgehead atoms. The van der Waals surface area contributed by atoms with Gasteiger partial charge in [0.05, 0.1) is 19.1 Å². The van der Waals surface area contributed by atoms with Crippen LogP contribution in [-0.4, -0.2) is 69.9 Å². The Bertz CT molecular complexity index is 411. The minimum absolute atomic E-state index is 0.100. The van der Waals surface area contributed by atoms with Gasteiger partial charge >= 0.3 is 16.4 Å². The van der Waals surface area contributed by atoms with E-state index in [1.165, 1.54) is 0 Å². The van der Waals surface area contributed by atoms with Crippen LogP contribution in [-0.2, 0) is 28.9 Å². The summed E-state index contributed by atoms with van der Waals surface area (Å²) in [4.78, 5) is 13.4. The Balaban J connectivity index is 4.09. The van der Waals surface area contributed by atoms with E-state index < -0.39 is 10.4 Å². The van der Waals surface area contributed by atoms with Crippen molar-refractivity contribution in [2.75, 3.05) is 46.1 Å². The van der Waals surface area contributed by atoms with E-state index in [1.54, 1.807) is 13.8 Å². The standard InChI is InChI=1S/C14H29NO7S/c1-4-9-20-11-7-15(6-5-10-22-23(17,18)19)8-12-21-14(16)13(2)3/h13H,4-12H2,1-3H3,(H,17,18,19). The van der Waals surface area contributed by atoms with Crippen molar-refractivity contribution < 1.29 is 31.4 Å². The maximum absolute atomic E-state index is 11.4. The lowest BCUT2D eigenvalue weighted by molar-refractivity contribution is -0.147. The van der Waals surface area contributed by atoms with Gasteiger partial charge in [0.1, 0.15) is 6.61 Å². The summed E-state index contributed by atoms with van der Waals surface area (Å²) in [7, 11) is -4.40. The summed E-state index contributed by atoms with van der Waals surface area (Å²) in [5.74, 6) is -0.415. The smallest absolute Gasteiger partial charge is 0.397 e. The Morgan fingerprint density at radius 1 is 1.09 bits per heavy atom. The van der Waals surface area contributed by atoms with Gasteiger partial charge in [0.2, 0.25) is 0 Å². The number of ether oxygens (including phenoxy) is 2. The molecule has 138 valence electrons. The van der Waals surface area contributed by atoms with Crippen LogP contribution in [0.5, 0.6) is 0 Å². The zero-order chi connectivity index (χ0) is 17.7. The van der Waals surface area contributed by atoms with E-state index in [9.17, 15) is 13.2 Å². The van der Waals surface area contributed by atoms with Crippen molar-refractivity contribution in [1.29, 1.82) is 0 Å². The molecule has 0 heterocycles. The molecule has 0 aliphatic rings. The molecule has 23 heavy (non-hydrogen) atoms. The first-order valence-electron chi connectivity index (χ1n) is 7.84. The van der Waals surface area contributed by atoms with E-state index in [2.05, 4.69) is 4.18 Å². The van der Waals surface area contributed by atoms with Crippen molar-refractivity contribution in [1.82, 2.24) is 4.90 Å². The Labute approximate surface area is 139 Å². The largest absolute Gasteiger partial charge is 0.464 e. The lowest BCUT2D eigenvalue weighted by atomic mass is 10.2. The van der Waals surface area contributed by atoms with Gasteiger partial charge in [-0.25, -0.2) is 4.18 Å². The number of esters is 1. The van der Waals surface area contributed by atoms with Crippen LogP contribution < -0.4 is 0 Å². The average molecular weight is 355 g/mol. The van der Waals surface area contributed by atoms with Crippen LogP contribution in [0.4, 0.5) is 0 Å². The van der Waals surface area contributed by atoms with Crippen LogP contribution in [0.25, 0.3) is 0 Å². The summed E-state index contributed by atoms with van der Waals surface area (Å²) >= 11 is 0. The molecule has 0 aliphatic heterocycles. The van der Waals surface area contributed by atoms with Crippen molar-refractivity contribution in [2.24, 2.45) is 5.92 Å². The molecule has 0 aromatic heterocycles. The lowest BCUT2D eigenvalue weighted by Crippen LogP contribution is -2.33. The zero-order valence-electron chi connectivity index (χ0n) is 14.2. The molecule has 0 rings (SSSR count). The van der Waals surface area contributed by atoms with Crippen LogP contribution in [0.3, 0.4) is 0 Å². The first kappa shape index (κ1) is 22.3. The van der Waals surface area contributed by atoms with Crippen molar-refractivity contribution in [3.05, 3.63) is 0 Å². The Hall–Kier alpha value is -0.740. The predicted octanol–water partition coefficient (Wildman–Crippen LogP) is 1.12. The van der Waals surface area contributed by atoms with Crippen LogP contribution in [0.2, 0.25) is 0 Å². The highest BCUT2D eigenvalue weighted by Gasteiger charge is 2.11. The summed E-state index contributed by atoms with van der Waals surface area (Å²) in [6, 6.07) is 0. The summed E-state index contributed by atoms with van der Waals surface area (Å²) in [5.41, 5.74) is 0. The van der Waals surface area contributed by atoms with E-state index in [0.29, 0.717) is 39.3 Å². The average Bonchev–Trinajstić information content (AvgIpc) is 2.45. The second-order valence-corrected chi connectivity index (χ2v) is 6.47. The summed E-state index contributed by atoms with van der Waals surface area (Å²) in [5, 5.41) is 0. The van der Waals surface area contributed by atoms with E-state index in [1.807, 2.05) is 11.8 Å². The zero-order valence-corrected chi connectivity index (χ0v) is 15.0. The summed E-state index contributed by atoms with van der Waals surface area (Å²) in [6.45, 7) is 8.68. The van der Waals surface area contributed by atoms with E-state index in [-0.39, 0.29) is 25.1 Å². The highest BCUT2D eigenvalue weighted by Crippen LogP contribution is 1.99. The number of carbonyl (C=O) groups excluding carboxylic acids is 1. The molecule has 1 N–H and O–H groups in total. The van der Waals surface area contributed by atoms with Gasteiger partial charge in [0, 0.05) is 26.2 Å². The van der Waals surface area contributed by atoms with Gasteiger partial charge in [0.25, 0.3) is 0 Å². The second-order valence-electron chi connectivity index (χ2n) is 5.38. The monoisotopic (exact) mass is 355 g/mol. The van der Waals surface area contributed by atoms with E-state index >= 15 is 0 Å². The molecular weight excluding hydrogens is 326 g/mol. The number of carbonyl (C=O) groups is 1. The minimum Gasteiger partial charge on any atom is -0.464 e. The van der Waals surface area contributed by atoms with Crippen LogP contribution in [0.15, 0.2) is 0 Å². The van der Waals surface area contributed by atoms with Crippen molar-refractivity contribution >= 4 is 16.4 Å². The van der Waals surface area contributed by atoms with Gasteiger partial charge in [-0.15, -0.1) is 0 Å². The topological polar surface area (TPSA) is 102 Å². The fourth-order valence-electron chi connectivity index (χ4n) is 1.67.